The molecule has 0 aliphatic heterocycles. The first-order valence-corrected chi connectivity index (χ1v) is 6.93. The van der Waals surface area contributed by atoms with Gasteiger partial charge in [-0.2, -0.15) is 0 Å². The highest BCUT2D eigenvalue weighted by molar-refractivity contribution is 5.74. The van der Waals surface area contributed by atoms with Crippen LogP contribution in [0.25, 0.3) is 0 Å². The molecule has 0 unspecified atom stereocenters. The Morgan fingerprint density at radius 3 is 2.67 bits per heavy atom. The molecule has 1 fully saturated rings. The van der Waals surface area contributed by atoms with Crippen molar-refractivity contribution in [1.82, 2.24) is 0 Å². The van der Waals surface area contributed by atoms with E-state index in [0.29, 0.717) is 5.92 Å². The number of aliphatic hydroxyl groups excluding tert-OH is 2. The molecule has 0 radical (unpaired) electrons. The lowest BCUT2D eigenvalue weighted by Gasteiger charge is -2.53. The summed E-state index contributed by atoms with van der Waals surface area (Å²) in [6, 6.07) is 0. The summed E-state index contributed by atoms with van der Waals surface area (Å²) in [7, 11) is 0. The first-order chi connectivity index (χ1) is 8.41. The molecule has 3 heteroatoms. The molecule has 0 aromatic rings. The van der Waals surface area contributed by atoms with Gasteiger partial charge in [-0.3, -0.25) is 4.79 Å². The predicted octanol–water partition coefficient (Wildman–Crippen LogP) is 1.93. The number of carbonyl (C=O) groups is 1. The Hall–Kier alpha value is -0.670. The molecular formula is C15H24O3. The van der Waals surface area contributed by atoms with Crippen molar-refractivity contribution in [2.45, 2.75) is 52.2 Å². The van der Waals surface area contributed by atoms with E-state index in [2.05, 4.69) is 13.8 Å². The first-order valence-electron chi connectivity index (χ1n) is 6.93. The van der Waals surface area contributed by atoms with Crippen molar-refractivity contribution in [2.24, 2.45) is 23.2 Å². The normalized spacial score (nSPS) is 44.4. The summed E-state index contributed by atoms with van der Waals surface area (Å²) in [4.78, 5) is 11.2. The minimum atomic E-state index is -0.729. The topological polar surface area (TPSA) is 57.5 Å². The zero-order valence-corrected chi connectivity index (χ0v) is 11.5. The van der Waals surface area contributed by atoms with E-state index in [9.17, 15) is 15.0 Å². The number of rotatable bonds is 2. The van der Waals surface area contributed by atoms with Crippen LogP contribution in [0.4, 0.5) is 0 Å². The summed E-state index contributed by atoms with van der Waals surface area (Å²) in [5.41, 5.74) is 0.468. The number of hydrogen-bond donors (Lipinski definition) is 2. The molecule has 1 saturated carbocycles. The van der Waals surface area contributed by atoms with E-state index in [4.69, 9.17) is 0 Å². The van der Waals surface area contributed by atoms with Crippen LogP contribution in [0, 0.1) is 23.2 Å². The lowest BCUT2D eigenvalue weighted by atomic mass is 9.54. The van der Waals surface area contributed by atoms with Gasteiger partial charge in [0.05, 0.1) is 12.2 Å². The number of aliphatic hydroxyl groups is 2. The molecule has 3 nitrogen and oxygen atoms in total. The summed E-state index contributed by atoms with van der Waals surface area (Å²) in [6.07, 6.45) is 4.00. The van der Waals surface area contributed by atoms with Crippen molar-refractivity contribution in [1.29, 1.82) is 0 Å². The summed E-state index contributed by atoms with van der Waals surface area (Å²) >= 11 is 0. The summed E-state index contributed by atoms with van der Waals surface area (Å²) < 4.78 is 0. The average Bonchev–Trinajstić information content (AvgIpc) is 2.33. The van der Waals surface area contributed by atoms with E-state index < -0.39 is 12.2 Å². The number of fused-ring (bicyclic) bond motifs is 1. The number of hydrogen-bond acceptors (Lipinski definition) is 3. The van der Waals surface area contributed by atoms with Crippen LogP contribution >= 0.6 is 0 Å². The van der Waals surface area contributed by atoms with Crippen LogP contribution < -0.4 is 0 Å². The van der Waals surface area contributed by atoms with Gasteiger partial charge in [0.15, 0.2) is 0 Å². The number of aldehydes is 1. The van der Waals surface area contributed by atoms with Gasteiger partial charge in [-0.1, -0.05) is 26.8 Å². The zero-order chi connectivity index (χ0) is 13.5. The van der Waals surface area contributed by atoms with E-state index in [0.717, 1.165) is 31.1 Å². The molecule has 0 spiro atoms. The zero-order valence-electron chi connectivity index (χ0n) is 11.5. The molecule has 5 atom stereocenters. The quantitative estimate of drug-likeness (QED) is 0.738. The van der Waals surface area contributed by atoms with Crippen molar-refractivity contribution in [3.63, 3.8) is 0 Å². The standard InChI is InChI=1S/C15H24O3/c1-9(2)11-7-12-10(8-16)5-4-6-15(12,3)14(18)13(11)17/h5,8-9,11-14,17-18H,4,6-7H2,1-3H3/t11-,12+,13-,14-,15+/m1/s1. The Morgan fingerprint density at radius 1 is 1.44 bits per heavy atom. The Kier molecular flexibility index (Phi) is 3.65. The highest BCUT2D eigenvalue weighted by Crippen LogP contribution is 2.52. The molecule has 2 N–H and O–H groups in total. The monoisotopic (exact) mass is 252 g/mol. The predicted molar refractivity (Wildman–Crippen MR) is 69.9 cm³/mol. The molecule has 2 aliphatic carbocycles. The van der Waals surface area contributed by atoms with Gasteiger partial charge in [0.25, 0.3) is 0 Å². The summed E-state index contributed by atoms with van der Waals surface area (Å²) in [5.74, 6) is 0.475. The van der Waals surface area contributed by atoms with Crippen LogP contribution in [0.2, 0.25) is 0 Å². The van der Waals surface area contributed by atoms with Crippen LogP contribution in [-0.2, 0) is 4.79 Å². The van der Waals surface area contributed by atoms with Crippen LogP contribution in [0.3, 0.4) is 0 Å². The fourth-order valence-corrected chi connectivity index (χ4v) is 3.84. The van der Waals surface area contributed by atoms with Gasteiger partial charge in [0.2, 0.25) is 0 Å². The van der Waals surface area contributed by atoms with Gasteiger partial charge >= 0.3 is 0 Å². The third-order valence-corrected chi connectivity index (χ3v) is 5.20. The number of carbonyl (C=O) groups excluding carboxylic acids is 1. The maximum atomic E-state index is 11.2. The molecule has 2 aliphatic rings. The Morgan fingerprint density at radius 2 is 2.11 bits per heavy atom. The molecule has 2 rings (SSSR count). The van der Waals surface area contributed by atoms with Crippen molar-refractivity contribution >= 4 is 6.29 Å². The lowest BCUT2D eigenvalue weighted by molar-refractivity contribution is -0.150. The summed E-state index contributed by atoms with van der Waals surface area (Å²) in [5, 5.41) is 20.8. The van der Waals surface area contributed by atoms with Crippen LogP contribution in [-0.4, -0.2) is 28.7 Å². The number of allylic oxidation sites excluding steroid dienone is 2. The SMILES string of the molecule is CC(C)[C@H]1C[C@H]2C(C=O)=CCC[C@]2(C)[C@H](O)[C@@H]1O. The third-order valence-electron chi connectivity index (χ3n) is 5.20. The van der Waals surface area contributed by atoms with Crippen LogP contribution in [0.1, 0.15) is 40.0 Å². The van der Waals surface area contributed by atoms with Gasteiger partial charge in [-0.05, 0) is 42.6 Å². The fraction of sp³-hybridized carbons (Fsp3) is 0.800. The maximum Gasteiger partial charge on any atom is 0.146 e. The highest BCUT2D eigenvalue weighted by atomic mass is 16.3. The largest absolute Gasteiger partial charge is 0.390 e. The molecule has 0 aromatic heterocycles. The minimum absolute atomic E-state index is 0.0690. The van der Waals surface area contributed by atoms with E-state index in [1.54, 1.807) is 0 Å². The molecular weight excluding hydrogens is 228 g/mol. The Balaban J connectivity index is 2.36. The minimum Gasteiger partial charge on any atom is -0.390 e. The van der Waals surface area contributed by atoms with E-state index in [1.165, 1.54) is 0 Å². The van der Waals surface area contributed by atoms with Gasteiger partial charge in [-0.25, -0.2) is 0 Å². The molecule has 0 bridgehead atoms. The van der Waals surface area contributed by atoms with Crippen molar-refractivity contribution < 1.29 is 15.0 Å². The second-order valence-corrected chi connectivity index (χ2v) is 6.50. The van der Waals surface area contributed by atoms with Crippen LogP contribution in [0.15, 0.2) is 11.6 Å². The van der Waals surface area contributed by atoms with Gasteiger partial charge in [-0.15, -0.1) is 0 Å². The lowest BCUT2D eigenvalue weighted by Crippen LogP contribution is -2.56. The van der Waals surface area contributed by atoms with Crippen molar-refractivity contribution in [3.8, 4) is 0 Å². The third kappa shape index (κ3) is 1.94. The van der Waals surface area contributed by atoms with Gasteiger partial charge in [0.1, 0.15) is 6.29 Å². The Labute approximate surface area is 109 Å². The van der Waals surface area contributed by atoms with Crippen molar-refractivity contribution in [3.05, 3.63) is 11.6 Å². The van der Waals surface area contributed by atoms with E-state index >= 15 is 0 Å². The molecule has 18 heavy (non-hydrogen) atoms. The van der Waals surface area contributed by atoms with Gasteiger partial charge in [0, 0.05) is 5.41 Å². The highest BCUT2D eigenvalue weighted by Gasteiger charge is 2.53. The molecule has 0 saturated heterocycles. The maximum absolute atomic E-state index is 11.2. The van der Waals surface area contributed by atoms with E-state index in [1.807, 2.05) is 13.0 Å². The molecule has 102 valence electrons. The summed E-state index contributed by atoms with van der Waals surface area (Å²) in [6.45, 7) is 6.14. The second-order valence-electron chi connectivity index (χ2n) is 6.50. The molecule has 0 aromatic carbocycles. The molecule has 0 amide bonds. The van der Waals surface area contributed by atoms with Gasteiger partial charge < -0.3 is 10.2 Å². The smallest absolute Gasteiger partial charge is 0.146 e. The molecule has 0 heterocycles. The van der Waals surface area contributed by atoms with Crippen molar-refractivity contribution in [2.75, 3.05) is 0 Å². The Bertz CT molecular complexity index is 361. The van der Waals surface area contributed by atoms with E-state index in [-0.39, 0.29) is 17.3 Å². The first kappa shape index (κ1) is 13.8. The fourth-order valence-electron chi connectivity index (χ4n) is 3.84. The average molecular weight is 252 g/mol. The van der Waals surface area contributed by atoms with Crippen LogP contribution in [0.5, 0.6) is 0 Å². The second kappa shape index (κ2) is 4.78.